The molecule has 1 unspecified atom stereocenters. The number of hydrogen-bond donors (Lipinski definition) is 1. The Labute approximate surface area is 138 Å². The van der Waals surface area contributed by atoms with E-state index in [2.05, 4.69) is 34.3 Å². The first kappa shape index (κ1) is 15.2. The van der Waals surface area contributed by atoms with Crippen LogP contribution in [0.4, 0.5) is 5.82 Å². The fraction of sp³-hybridized carbons (Fsp3) is 0.250. The van der Waals surface area contributed by atoms with Crippen LogP contribution in [0.1, 0.15) is 6.92 Å². The van der Waals surface area contributed by atoms with Crippen molar-refractivity contribution in [1.82, 2.24) is 4.98 Å². The van der Waals surface area contributed by atoms with Crippen molar-refractivity contribution in [3.8, 4) is 5.75 Å². The summed E-state index contributed by atoms with van der Waals surface area (Å²) in [5.74, 6) is 2.72. The van der Waals surface area contributed by atoms with Gasteiger partial charge in [0.2, 0.25) is 0 Å². The van der Waals surface area contributed by atoms with Gasteiger partial charge in [0.15, 0.2) is 5.17 Å². The molecule has 2 heterocycles. The third-order valence-electron chi connectivity index (χ3n) is 3.06. The van der Waals surface area contributed by atoms with Crippen LogP contribution in [-0.4, -0.2) is 29.1 Å². The molecule has 1 N–H and O–H groups in total. The van der Waals surface area contributed by atoms with Gasteiger partial charge in [-0.15, -0.1) is 0 Å². The molecule has 1 aromatic carbocycles. The Balaban J connectivity index is 1.80. The van der Waals surface area contributed by atoms with Gasteiger partial charge in [-0.2, -0.15) is 0 Å². The van der Waals surface area contributed by atoms with Crippen LogP contribution < -0.4 is 10.1 Å². The molecule has 6 heteroatoms. The monoisotopic (exact) mass is 331 g/mol. The van der Waals surface area contributed by atoms with Crippen LogP contribution in [0.15, 0.2) is 57.4 Å². The zero-order chi connectivity index (χ0) is 15.4. The van der Waals surface area contributed by atoms with Crippen LogP contribution >= 0.6 is 23.5 Å². The molecule has 3 rings (SSSR count). The predicted molar refractivity (Wildman–Crippen MR) is 94.3 cm³/mol. The van der Waals surface area contributed by atoms with Gasteiger partial charge < -0.3 is 10.1 Å². The number of methoxy groups -OCH3 is 1. The summed E-state index contributed by atoms with van der Waals surface area (Å²) in [4.78, 5) is 11.2. The number of nitrogens with one attached hydrogen (secondary N) is 1. The normalized spacial score (nSPS) is 17.2. The molecule has 22 heavy (non-hydrogen) atoms. The van der Waals surface area contributed by atoms with Gasteiger partial charge >= 0.3 is 0 Å². The molecule has 0 amide bonds. The fourth-order valence-corrected chi connectivity index (χ4v) is 3.82. The van der Waals surface area contributed by atoms with Crippen molar-refractivity contribution in [3.05, 3.63) is 42.6 Å². The number of aliphatic imine (C=N–C) groups is 1. The summed E-state index contributed by atoms with van der Waals surface area (Å²) in [7, 11) is 1.68. The summed E-state index contributed by atoms with van der Waals surface area (Å²) in [6.07, 6.45) is 1.79. The summed E-state index contributed by atoms with van der Waals surface area (Å²) in [6.45, 7) is 2.12. The maximum Gasteiger partial charge on any atom is 0.162 e. The quantitative estimate of drug-likeness (QED) is 0.912. The van der Waals surface area contributed by atoms with Crippen molar-refractivity contribution < 1.29 is 4.74 Å². The van der Waals surface area contributed by atoms with Crippen molar-refractivity contribution in [2.75, 3.05) is 18.2 Å². The smallest absolute Gasteiger partial charge is 0.162 e. The summed E-state index contributed by atoms with van der Waals surface area (Å²) >= 11 is 3.39. The Kier molecular flexibility index (Phi) is 4.90. The van der Waals surface area contributed by atoms with Crippen molar-refractivity contribution in [2.45, 2.75) is 22.8 Å². The van der Waals surface area contributed by atoms with Gasteiger partial charge in [-0.3, -0.25) is 4.99 Å². The molecule has 0 spiro atoms. The van der Waals surface area contributed by atoms with Crippen molar-refractivity contribution in [3.63, 3.8) is 0 Å². The van der Waals surface area contributed by atoms with E-state index in [1.54, 1.807) is 36.8 Å². The highest BCUT2D eigenvalue weighted by molar-refractivity contribution is 8.14. The molecule has 0 aliphatic carbocycles. The molecule has 0 bridgehead atoms. The van der Waals surface area contributed by atoms with Gasteiger partial charge in [0, 0.05) is 16.8 Å². The number of rotatable bonds is 4. The largest absolute Gasteiger partial charge is 0.497 e. The number of nitrogens with zero attached hydrogens (tertiary/aromatic N) is 2. The lowest BCUT2D eigenvalue weighted by atomic mass is 10.3. The molecule has 1 atom stereocenters. The van der Waals surface area contributed by atoms with E-state index in [0.717, 1.165) is 32.3 Å². The van der Waals surface area contributed by atoms with Crippen LogP contribution in [-0.2, 0) is 0 Å². The average molecular weight is 331 g/mol. The minimum absolute atomic E-state index is 0.366. The number of ether oxygens (including phenoxy) is 1. The van der Waals surface area contributed by atoms with E-state index in [9.17, 15) is 0 Å². The lowest BCUT2D eigenvalue weighted by Crippen LogP contribution is -2.07. The van der Waals surface area contributed by atoms with Crippen molar-refractivity contribution in [2.24, 2.45) is 4.99 Å². The number of benzene rings is 1. The highest BCUT2D eigenvalue weighted by Crippen LogP contribution is 2.34. The Bertz CT molecular complexity index is 691. The Hall–Kier alpha value is -1.66. The zero-order valence-electron chi connectivity index (χ0n) is 12.4. The second-order valence-corrected chi connectivity index (χ2v) is 6.97. The molecule has 114 valence electrons. The van der Waals surface area contributed by atoms with Crippen LogP contribution in [0, 0.1) is 0 Å². The lowest BCUT2D eigenvalue weighted by Gasteiger charge is -2.10. The number of aromatic nitrogens is 1. The first-order valence-corrected chi connectivity index (χ1v) is 8.79. The summed E-state index contributed by atoms with van der Waals surface area (Å²) in [5, 5.41) is 4.28. The van der Waals surface area contributed by atoms with E-state index in [1.165, 1.54) is 0 Å². The number of hydrogen-bond acceptors (Lipinski definition) is 6. The highest BCUT2D eigenvalue weighted by Gasteiger charge is 2.16. The van der Waals surface area contributed by atoms with Gasteiger partial charge in [0.05, 0.1) is 18.0 Å². The molecule has 1 aliphatic heterocycles. The second kappa shape index (κ2) is 7.07. The molecule has 2 aromatic rings. The van der Waals surface area contributed by atoms with E-state index < -0.39 is 0 Å². The molecule has 0 saturated carbocycles. The van der Waals surface area contributed by atoms with E-state index in [-0.39, 0.29) is 0 Å². The van der Waals surface area contributed by atoms with Gasteiger partial charge in [-0.1, -0.05) is 29.6 Å². The van der Waals surface area contributed by atoms with Crippen molar-refractivity contribution >= 4 is 34.5 Å². The topological polar surface area (TPSA) is 46.5 Å². The Morgan fingerprint density at radius 2 is 2.23 bits per heavy atom. The van der Waals surface area contributed by atoms with E-state index in [1.807, 2.05) is 24.3 Å². The predicted octanol–water partition coefficient (Wildman–Crippen LogP) is 4.14. The fourth-order valence-electron chi connectivity index (χ4n) is 2.00. The number of anilines is 1. The summed E-state index contributed by atoms with van der Waals surface area (Å²) < 4.78 is 5.28. The van der Waals surface area contributed by atoms with E-state index in [0.29, 0.717) is 6.04 Å². The Morgan fingerprint density at radius 1 is 1.32 bits per heavy atom. The first-order valence-electron chi connectivity index (χ1n) is 6.99. The molecule has 0 radical (unpaired) electrons. The second-order valence-electron chi connectivity index (χ2n) is 4.85. The molecule has 4 nitrogen and oxygen atoms in total. The van der Waals surface area contributed by atoms with Crippen LogP contribution in [0.25, 0.3) is 0 Å². The molecule has 0 fully saturated rings. The van der Waals surface area contributed by atoms with Gasteiger partial charge in [0.1, 0.15) is 11.6 Å². The maximum absolute atomic E-state index is 5.28. The van der Waals surface area contributed by atoms with Crippen molar-refractivity contribution in [1.29, 1.82) is 0 Å². The maximum atomic E-state index is 5.28. The highest BCUT2D eigenvalue weighted by atomic mass is 32.2. The third kappa shape index (κ3) is 3.75. The third-order valence-corrected chi connectivity index (χ3v) is 5.23. The first-order chi connectivity index (χ1) is 10.7. The lowest BCUT2D eigenvalue weighted by molar-refractivity contribution is 0.413. The van der Waals surface area contributed by atoms with Crippen LogP contribution in [0.5, 0.6) is 5.75 Å². The molecular formula is C16H17N3OS2. The number of pyridine rings is 1. The number of amidine groups is 1. The van der Waals surface area contributed by atoms with Gasteiger partial charge in [-0.25, -0.2) is 4.98 Å². The van der Waals surface area contributed by atoms with Crippen LogP contribution in [0.2, 0.25) is 0 Å². The van der Waals surface area contributed by atoms with Gasteiger partial charge in [-0.05, 0) is 37.3 Å². The molecule has 0 saturated heterocycles. The summed E-state index contributed by atoms with van der Waals surface area (Å²) in [5.41, 5.74) is 0. The summed E-state index contributed by atoms with van der Waals surface area (Å²) in [6, 6.07) is 12.4. The standard InChI is InChI=1S/C16H17N3OS2/c1-11-10-21-16(18-11)19-15-14(7-4-8-17-15)22-13-6-3-5-12(9-13)20-2/h3-9,11H,10H2,1-2H3,(H,17,18,19). The van der Waals surface area contributed by atoms with E-state index in [4.69, 9.17) is 4.74 Å². The number of thioether (sulfide) groups is 1. The molecule has 1 aromatic heterocycles. The SMILES string of the molecule is COc1cccc(Sc2cccnc2NC2=NC(C)CS2)c1. The Morgan fingerprint density at radius 3 is 3.00 bits per heavy atom. The minimum atomic E-state index is 0.366. The minimum Gasteiger partial charge on any atom is -0.497 e. The van der Waals surface area contributed by atoms with Crippen LogP contribution in [0.3, 0.4) is 0 Å². The molecular weight excluding hydrogens is 314 g/mol. The zero-order valence-corrected chi connectivity index (χ0v) is 14.1. The van der Waals surface area contributed by atoms with E-state index >= 15 is 0 Å². The average Bonchev–Trinajstić information content (AvgIpc) is 2.94. The molecule has 1 aliphatic rings. The van der Waals surface area contributed by atoms with Gasteiger partial charge in [0.25, 0.3) is 0 Å².